The van der Waals surface area contributed by atoms with Crippen LogP contribution in [0.2, 0.25) is 0 Å². The third kappa shape index (κ3) is 4.28. The SMILES string of the molecule is COc1ncccc1C(=O)N1CCC(N2CCC(Oc3nccs3)CC2)CC1. The van der Waals surface area contributed by atoms with Gasteiger partial charge in [0.1, 0.15) is 11.7 Å². The van der Waals surface area contributed by atoms with Crippen LogP contribution in [0.3, 0.4) is 0 Å². The molecule has 0 atom stereocenters. The first-order valence-electron chi connectivity index (χ1n) is 9.83. The molecule has 7 nitrogen and oxygen atoms in total. The molecule has 0 spiro atoms. The zero-order valence-electron chi connectivity index (χ0n) is 16.1. The highest BCUT2D eigenvalue weighted by atomic mass is 32.1. The van der Waals surface area contributed by atoms with Crippen molar-refractivity contribution in [1.82, 2.24) is 19.8 Å². The molecule has 2 aliphatic rings. The monoisotopic (exact) mass is 402 g/mol. The summed E-state index contributed by atoms with van der Waals surface area (Å²) in [5.74, 6) is 0.413. The van der Waals surface area contributed by atoms with Crippen LogP contribution in [0.5, 0.6) is 11.1 Å². The van der Waals surface area contributed by atoms with Crippen molar-refractivity contribution in [2.45, 2.75) is 37.8 Å². The molecule has 0 saturated carbocycles. The van der Waals surface area contributed by atoms with Gasteiger partial charge in [0.05, 0.1) is 7.11 Å². The Kier molecular flexibility index (Phi) is 6.07. The molecule has 4 rings (SSSR count). The summed E-state index contributed by atoms with van der Waals surface area (Å²) in [4.78, 5) is 25.7. The first kappa shape index (κ1) is 19.1. The molecule has 28 heavy (non-hydrogen) atoms. The number of methoxy groups -OCH3 is 1. The van der Waals surface area contributed by atoms with Gasteiger partial charge < -0.3 is 14.4 Å². The molecular formula is C20H26N4O3S. The Bertz CT molecular complexity index is 770. The second kappa shape index (κ2) is 8.87. The third-order valence-electron chi connectivity index (χ3n) is 5.62. The second-order valence-electron chi connectivity index (χ2n) is 7.23. The summed E-state index contributed by atoms with van der Waals surface area (Å²) in [6.45, 7) is 3.64. The number of hydrogen-bond donors (Lipinski definition) is 0. The van der Waals surface area contributed by atoms with Crippen molar-refractivity contribution in [2.24, 2.45) is 0 Å². The lowest BCUT2D eigenvalue weighted by molar-refractivity contribution is 0.0423. The summed E-state index contributed by atoms with van der Waals surface area (Å²) in [7, 11) is 1.55. The summed E-state index contributed by atoms with van der Waals surface area (Å²) in [6, 6.07) is 4.11. The number of amides is 1. The van der Waals surface area contributed by atoms with Crippen molar-refractivity contribution < 1.29 is 14.3 Å². The molecule has 0 N–H and O–H groups in total. The average Bonchev–Trinajstić information content (AvgIpc) is 3.27. The summed E-state index contributed by atoms with van der Waals surface area (Å²) < 4.78 is 11.2. The topological polar surface area (TPSA) is 67.8 Å². The zero-order valence-corrected chi connectivity index (χ0v) is 16.9. The van der Waals surface area contributed by atoms with E-state index in [1.807, 2.05) is 10.3 Å². The molecule has 2 aromatic rings. The van der Waals surface area contributed by atoms with Crippen LogP contribution in [0.25, 0.3) is 0 Å². The maximum absolute atomic E-state index is 12.8. The minimum atomic E-state index is 0.0129. The van der Waals surface area contributed by atoms with Crippen LogP contribution < -0.4 is 9.47 Å². The van der Waals surface area contributed by atoms with Crippen LogP contribution in [-0.4, -0.2) is 71.1 Å². The molecule has 0 radical (unpaired) electrons. The Morgan fingerprint density at radius 3 is 2.57 bits per heavy atom. The summed E-state index contributed by atoms with van der Waals surface area (Å²) in [6.07, 6.45) is 7.77. The van der Waals surface area contributed by atoms with Gasteiger partial charge in [0.25, 0.3) is 11.1 Å². The normalized spacial score (nSPS) is 19.5. The van der Waals surface area contributed by atoms with Gasteiger partial charge in [-0.05, 0) is 37.8 Å². The minimum absolute atomic E-state index is 0.0129. The molecule has 150 valence electrons. The Hall–Kier alpha value is -2.19. The quantitative estimate of drug-likeness (QED) is 0.766. The maximum Gasteiger partial charge on any atom is 0.273 e. The highest BCUT2D eigenvalue weighted by Crippen LogP contribution is 2.26. The van der Waals surface area contributed by atoms with Gasteiger partial charge in [-0.3, -0.25) is 9.69 Å². The molecule has 1 amide bonds. The highest BCUT2D eigenvalue weighted by molar-refractivity contribution is 7.11. The molecule has 0 aliphatic carbocycles. The Balaban J connectivity index is 1.26. The van der Waals surface area contributed by atoms with E-state index in [0.29, 0.717) is 17.5 Å². The van der Waals surface area contributed by atoms with Crippen molar-refractivity contribution in [3.63, 3.8) is 0 Å². The molecule has 0 unspecified atom stereocenters. The molecule has 8 heteroatoms. The largest absolute Gasteiger partial charge is 0.480 e. The first-order chi connectivity index (χ1) is 13.7. The number of carbonyl (C=O) groups excluding carboxylic acids is 1. The Morgan fingerprint density at radius 1 is 1.11 bits per heavy atom. The fourth-order valence-corrected chi connectivity index (χ4v) is 4.64. The standard InChI is InChI=1S/C20H26N4O3S/c1-26-18-17(3-2-8-21-18)19(25)24-10-4-15(5-11-24)23-12-6-16(7-13-23)27-20-22-9-14-28-20/h2-3,8-9,14-16H,4-7,10-13H2,1H3. The first-order valence-corrected chi connectivity index (χ1v) is 10.7. The average molecular weight is 403 g/mol. The number of aromatic nitrogens is 2. The van der Waals surface area contributed by atoms with Gasteiger partial charge in [-0.25, -0.2) is 9.97 Å². The van der Waals surface area contributed by atoms with E-state index in [1.165, 1.54) is 0 Å². The van der Waals surface area contributed by atoms with Gasteiger partial charge >= 0.3 is 0 Å². The number of hydrogen-bond acceptors (Lipinski definition) is 7. The van der Waals surface area contributed by atoms with Gasteiger partial charge in [-0.2, -0.15) is 0 Å². The number of nitrogens with zero attached hydrogens (tertiary/aromatic N) is 4. The molecule has 4 heterocycles. The highest BCUT2D eigenvalue weighted by Gasteiger charge is 2.31. The van der Waals surface area contributed by atoms with Crippen molar-refractivity contribution in [3.05, 3.63) is 35.5 Å². The summed E-state index contributed by atoms with van der Waals surface area (Å²) in [5.41, 5.74) is 0.545. The van der Waals surface area contributed by atoms with Crippen LogP contribution in [-0.2, 0) is 0 Å². The Labute approximate surface area is 169 Å². The smallest absolute Gasteiger partial charge is 0.273 e. The van der Waals surface area contributed by atoms with Crippen LogP contribution in [0.1, 0.15) is 36.0 Å². The lowest BCUT2D eigenvalue weighted by Gasteiger charge is -2.41. The van der Waals surface area contributed by atoms with Gasteiger partial charge in [0, 0.05) is 50.0 Å². The number of thiazole rings is 1. The summed E-state index contributed by atoms with van der Waals surface area (Å²) in [5, 5.41) is 2.72. The van der Waals surface area contributed by atoms with Crippen LogP contribution in [0.4, 0.5) is 0 Å². The molecule has 0 aromatic carbocycles. The zero-order chi connectivity index (χ0) is 19.3. The van der Waals surface area contributed by atoms with Gasteiger partial charge in [0.2, 0.25) is 5.88 Å². The van der Waals surface area contributed by atoms with E-state index in [2.05, 4.69) is 14.9 Å². The molecule has 2 aromatic heterocycles. The van der Waals surface area contributed by atoms with Crippen LogP contribution >= 0.6 is 11.3 Å². The van der Waals surface area contributed by atoms with Gasteiger partial charge in [-0.1, -0.05) is 11.3 Å². The van der Waals surface area contributed by atoms with E-state index in [0.717, 1.165) is 57.1 Å². The number of pyridine rings is 1. The molecule has 2 fully saturated rings. The fraction of sp³-hybridized carbons (Fsp3) is 0.550. The molecule has 2 aliphatic heterocycles. The van der Waals surface area contributed by atoms with Gasteiger partial charge in [0.15, 0.2) is 0 Å². The van der Waals surface area contributed by atoms with E-state index >= 15 is 0 Å². The van der Waals surface area contributed by atoms with E-state index in [1.54, 1.807) is 43.0 Å². The number of carbonyl (C=O) groups is 1. The van der Waals surface area contributed by atoms with E-state index in [-0.39, 0.29) is 12.0 Å². The lowest BCUT2D eigenvalue weighted by Crippen LogP contribution is -2.50. The fourth-order valence-electron chi connectivity index (χ4n) is 4.09. The predicted molar refractivity (Wildman–Crippen MR) is 107 cm³/mol. The van der Waals surface area contributed by atoms with Crippen molar-refractivity contribution in [3.8, 4) is 11.1 Å². The number of likely N-dealkylation sites (tertiary alicyclic amines) is 2. The molecule has 0 bridgehead atoms. The Morgan fingerprint density at radius 2 is 1.89 bits per heavy atom. The summed E-state index contributed by atoms with van der Waals surface area (Å²) >= 11 is 1.55. The van der Waals surface area contributed by atoms with Gasteiger partial charge in [-0.15, -0.1) is 0 Å². The molecular weight excluding hydrogens is 376 g/mol. The van der Waals surface area contributed by atoms with E-state index in [9.17, 15) is 4.79 Å². The van der Waals surface area contributed by atoms with E-state index in [4.69, 9.17) is 9.47 Å². The van der Waals surface area contributed by atoms with Crippen molar-refractivity contribution in [2.75, 3.05) is 33.3 Å². The van der Waals surface area contributed by atoms with Crippen LogP contribution in [0.15, 0.2) is 29.9 Å². The van der Waals surface area contributed by atoms with Crippen molar-refractivity contribution in [1.29, 1.82) is 0 Å². The lowest BCUT2D eigenvalue weighted by atomic mass is 9.98. The number of rotatable bonds is 5. The third-order valence-corrected chi connectivity index (χ3v) is 6.28. The minimum Gasteiger partial charge on any atom is -0.480 e. The van der Waals surface area contributed by atoms with E-state index < -0.39 is 0 Å². The second-order valence-corrected chi connectivity index (χ2v) is 8.09. The predicted octanol–water partition coefficient (Wildman–Crippen LogP) is 2.69. The maximum atomic E-state index is 12.8. The number of ether oxygens (including phenoxy) is 2. The van der Waals surface area contributed by atoms with Crippen molar-refractivity contribution >= 4 is 17.2 Å². The number of piperidine rings is 2. The molecule has 2 saturated heterocycles. The van der Waals surface area contributed by atoms with Crippen LogP contribution in [0, 0.1) is 0 Å².